The van der Waals surface area contributed by atoms with Crippen molar-refractivity contribution < 1.29 is 4.74 Å². The third-order valence-electron chi connectivity index (χ3n) is 4.66. The molecule has 1 aliphatic heterocycles. The van der Waals surface area contributed by atoms with E-state index in [0.29, 0.717) is 17.9 Å². The zero-order chi connectivity index (χ0) is 14.5. The van der Waals surface area contributed by atoms with E-state index in [1.807, 2.05) is 12.3 Å². The summed E-state index contributed by atoms with van der Waals surface area (Å²) in [5.41, 5.74) is 6.84. The number of nitrogens with one attached hydrogen (secondary N) is 1. The summed E-state index contributed by atoms with van der Waals surface area (Å²) in [5.74, 6) is 0.586. The number of anilines is 1. The van der Waals surface area contributed by atoms with Gasteiger partial charge in [0.1, 0.15) is 5.82 Å². The minimum absolute atomic E-state index is 0.578. The van der Waals surface area contributed by atoms with Crippen LogP contribution in [0.3, 0.4) is 0 Å². The molecule has 0 amide bonds. The molecule has 2 aliphatic rings. The lowest BCUT2D eigenvalue weighted by Gasteiger charge is -2.42. The van der Waals surface area contributed by atoms with Gasteiger partial charge in [0.25, 0.3) is 0 Å². The van der Waals surface area contributed by atoms with Gasteiger partial charge < -0.3 is 15.8 Å². The molecule has 2 atom stereocenters. The highest BCUT2D eigenvalue weighted by molar-refractivity contribution is 5.29. The minimum atomic E-state index is 0.578. The van der Waals surface area contributed by atoms with Crippen molar-refractivity contribution >= 4 is 5.82 Å². The quantitative estimate of drug-likeness (QED) is 0.877. The molecule has 21 heavy (non-hydrogen) atoms. The number of rotatable bonds is 4. The van der Waals surface area contributed by atoms with Crippen molar-refractivity contribution in [3.05, 3.63) is 23.9 Å². The van der Waals surface area contributed by atoms with E-state index in [4.69, 9.17) is 10.5 Å². The Morgan fingerprint density at radius 1 is 1.24 bits per heavy atom. The number of nitrogens with two attached hydrogens (primary N) is 1. The number of morpholine rings is 1. The number of pyridine rings is 1. The highest BCUT2D eigenvalue weighted by Crippen LogP contribution is 2.24. The van der Waals surface area contributed by atoms with Gasteiger partial charge in [-0.3, -0.25) is 4.90 Å². The molecule has 2 fully saturated rings. The van der Waals surface area contributed by atoms with Gasteiger partial charge in [0.15, 0.2) is 0 Å². The lowest BCUT2D eigenvalue weighted by molar-refractivity contribution is -0.000468. The van der Waals surface area contributed by atoms with Crippen LogP contribution in [0.5, 0.6) is 0 Å². The topological polar surface area (TPSA) is 63.4 Å². The number of nitrogen functional groups attached to an aromatic ring is 1. The number of ether oxygens (including phenoxy) is 1. The highest BCUT2D eigenvalue weighted by atomic mass is 16.5. The summed E-state index contributed by atoms with van der Waals surface area (Å²) in [5, 5.41) is 3.74. The lowest BCUT2D eigenvalue weighted by Crippen LogP contribution is -2.54. The third-order valence-corrected chi connectivity index (χ3v) is 4.66. The first-order valence-corrected chi connectivity index (χ1v) is 8.08. The van der Waals surface area contributed by atoms with E-state index in [1.165, 1.54) is 31.2 Å². The predicted molar refractivity (Wildman–Crippen MR) is 83.9 cm³/mol. The van der Waals surface area contributed by atoms with Gasteiger partial charge in [0.05, 0.1) is 13.2 Å². The largest absolute Gasteiger partial charge is 0.384 e. The van der Waals surface area contributed by atoms with Gasteiger partial charge in [-0.25, -0.2) is 4.98 Å². The maximum Gasteiger partial charge on any atom is 0.123 e. The normalized spacial score (nSPS) is 27.6. The molecule has 1 saturated heterocycles. The number of nitrogens with zero attached hydrogens (tertiary/aromatic N) is 2. The molecule has 5 heteroatoms. The molecule has 1 saturated carbocycles. The Bertz CT molecular complexity index is 430. The first-order valence-electron chi connectivity index (χ1n) is 8.08. The van der Waals surface area contributed by atoms with Crippen molar-refractivity contribution in [3.8, 4) is 0 Å². The lowest BCUT2D eigenvalue weighted by atomic mass is 9.88. The average Bonchev–Trinajstić information content (AvgIpc) is 2.55. The smallest absolute Gasteiger partial charge is 0.123 e. The molecule has 0 bridgehead atoms. The zero-order valence-corrected chi connectivity index (χ0v) is 12.6. The monoisotopic (exact) mass is 290 g/mol. The van der Waals surface area contributed by atoms with Crippen LogP contribution in [0, 0.1) is 0 Å². The summed E-state index contributed by atoms with van der Waals surface area (Å²) in [4.78, 5) is 6.78. The molecule has 2 unspecified atom stereocenters. The Morgan fingerprint density at radius 3 is 2.81 bits per heavy atom. The summed E-state index contributed by atoms with van der Waals surface area (Å²) < 4.78 is 5.48. The van der Waals surface area contributed by atoms with Crippen LogP contribution < -0.4 is 11.1 Å². The van der Waals surface area contributed by atoms with E-state index in [9.17, 15) is 0 Å². The molecule has 2 heterocycles. The van der Waals surface area contributed by atoms with E-state index in [0.717, 1.165) is 32.8 Å². The molecule has 0 radical (unpaired) electrons. The molecule has 1 aliphatic carbocycles. The summed E-state index contributed by atoms with van der Waals surface area (Å²) in [6, 6.07) is 5.16. The fraction of sp³-hybridized carbons (Fsp3) is 0.688. The van der Waals surface area contributed by atoms with Crippen molar-refractivity contribution in [2.24, 2.45) is 0 Å². The van der Waals surface area contributed by atoms with Gasteiger partial charge in [-0.15, -0.1) is 0 Å². The van der Waals surface area contributed by atoms with Crippen LogP contribution >= 0.6 is 0 Å². The van der Waals surface area contributed by atoms with Crippen molar-refractivity contribution in [2.75, 3.05) is 32.0 Å². The Hall–Kier alpha value is -1.17. The summed E-state index contributed by atoms with van der Waals surface area (Å²) in [6.45, 7) is 4.79. The first kappa shape index (κ1) is 14.8. The molecule has 0 aromatic carbocycles. The van der Waals surface area contributed by atoms with Gasteiger partial charge in [-0.05, 0) is 24.5 Å². The van der Waals surface area contributed by atoms with Crippen LogP contribution in [0.15, 0.2) is 18.3 Å². The fourth-order valence-corrected chi connectivity index (χ4v) is 3.49. The van der Waals surface area contributed by atoms with E-state index < -0.39 is 0 Å². The summed E-state index contributed by atoms with van der Waals surface area (Å²) in [7, 11) is 0. The third kappa shape index (κ3) is 3.93. The molecule has 1 aromatic heterocycles. The van der Waals surface area contributed by atoms with Crippen molar-refractivity contribution in [1.82, 2.24) is 15.2 Å². The van der Waals surface area contributed by atoms with Crippen LogP contribution in [0.25, 0.3) is 0 Å². The molecule has 0 spiro atoms. The number of hydrogen-bond donors (Lipinski definition) is 2. The van der Waals surface area contributed by atoms with Crippen LogP contribution in [0.4, 0.5) is 5.82 Å². The second-order valence-corrected chi connectivity index (χ2v) is 6.08. The SMILES string of the molecule is Nc1ccc(CNC2CCCCC2N2CCOCC2)cn1. The maximum absolute atomic E-state index is 5.64. The second-order valence-electron chi connectivity index (χ2n) is 6.08. The Morgan fingerprint density at radius 2 is 2.05 bits per heavy atom. The Balaban J connectivity index is 1.57. The molecule has 3 rings (SSSR count). The van der Waals surface area contributed by atoms with Crippen molar-refractivity contribution in [3.63, 3.8) is 0 Å². The fourth-order valence-electron chi connectivity index (χ4n) is 3.49. The zero-order valence-electron chi connectivity index (χ0n) is 12.6. The second kappa shape index (κ2) is 7.20. The minimum Gasteiger partial charge on any atom is -0.384 e. The van der Waals surface area contributed by atoms with Crippen LogP contribution in [-0.2, 0) is 11.3 Å². The number of hydrogen-bond acceptors (Lipinski definition) is 5. The van der Waals surface area contributed by atoms with E-state index >= 15 is 0 Å². The van der Waals surface area contributed by atoms with Gasteiger partial charge in [0, 0.05) is 37.9 Å². The Kier molecular flexibility index (Phi) is 5.06. The van der Waals surface area contributed by atoms with E-state index in [1.54, 1.807) is 0 Å². The number of aromatic nitrogens is 1. The van der Waals surface area contributed by atoms with Gasteiger partial charge >= 0.3 is 0 Å². The van der Waals surface area contributed by atoms with E-state index in [-0.39, 0.29) is 0 Å². The first-order chi connectivity index (χ1) is 10.3. The van der Waals surface area contributed by atoms with Crippen molar-refractivity contribution in [1.29, 1.82) is 0 Å². The summed E-state index contributed by atoms with van der Waals surface area (Å²) >= 11 is 0. The van der Waals surface area contributed by atoms with Crippen LogP contribution in [0.1, 0.15) is 31.2 Å². The molecular weight excluding hydrogens is 264 g/mol. The molecule has 116 valence electrons. The molecule has 3 N–H and O–H groups in total. The molecule has 1 aromatic rings. The highest BCUT2D eigenvalue weighted by Gasteiger charge is 2.30. The van der Waals surface area contributed by atoms with E-state index in [2.05, 4.69) is 21.3 Å². The molecule has 5 nitrogen and oxygen atoms in total. The van der Waals surface area contributed by atoms with Gasteiger partial charge in [0.2, 0.25) is 0 Å². The summed E-state index contributed by atoms with van der Waals surface area (Å²) in [6.07, 6.45) is 7.12. The van der Waals surface area contributed by atoms with Crippen molar-refractivity contribution in [2.45, 2.75) is 44.3 Å². The molecular formula is C16H26N4O. The van der Waals surface area contributed by atoms with Crippen LogP contribution in [0.2, 0.25) is 0 Å². The standard InChI is InChI=1S/C16H26N4O/c17-16-6-5-13(12-19-16)11-18-14-3-1-2-4-15(14)20-7-9-21-10-8-20/h5-6,12,14-15,18H,1-4,7-11H2,(H2,17,19). The maximum atomic E-state index is 5.64. The van der Waals surface area contributed by atoms with Gasteiger partial charge in [-0.2, -0.15) is 0 Å². The van der Waals surface area contributed by atoms with Crippen LogP contribution in [-0.4, -0.2) is 48.3 Å². The average molecular weight is 290 g/mol. The Labute approximate surface area is 126 Å². The van der Waals surface area contributed by atoms with Gasteiger partial charge in [-0.1, -0.05) is 18.9 Å². The predicted octanol–water partition coefficient (Wildman–Crippen LogP) is 1.40.